The van der Waals surface area contributed by atoms with Gasteiger partial charge in [-0.2, -0.15) is 0 Å². The van der Waals surface area contributed by atoms with Crippen molar-refractivity contribution in [2.45, 2.75) is 26.2 Å². The number of rotatable bonds is 8. The van der Waals surface area contributed by atoms with Crippen molar-refractivity contribution < 1.29 is 4.74 Å². The van der Waals surface area contributed by atoms with Crippen LogP contribution < -0.4 is 15.4 Å². The molecule has 19 heavy (non-hydrogen) atoms. The molecule has 0 aromatic heterocycles. The fourth-order valence-corrected chi connectivity index (χ4v) is 1.76. The molecule has 0 aliphatic carbocycles. The van der Waals surface area contributed by atoms with Crippen LogP contribution in [0.15, 0.2) is 36.9 Å². The topological polar surface area (TPSA) is 33.3 Å². The van der Waals surface area contributed by atoms with E-state index in [1.807, 2.05) is 24.3 Å². The van der Waals surface area contributed by atoms with Crippen LogP contribution in [0.2, 0.25) is 0 Å². The predicted octanol–water partition coefficient (Wildman–Crippen LogP) is 3.73. The Balaban J connectivity index is 2.31. The Morgan fingerprint density at radius 1 is 1.32 bits per heavy atom. The zero-order valence-corrected chi connectivity index (χ0v) is 12.3. The van der Waals surface area contributed by atoms with Crippen LogP contribution in [0.5, 0.6) is 5.75 Å². The summed E-state index contributed by atoms with van der Waals surface area (Å²) < 4.78 is 5.41. The van der Waals surface area contributed by atoms with Gasteiger partial charge in [0.05, 0.1) is 0 Å². The molecular formula is C15H22N2OS. The highest BCUT2D eigenvalue weighted by Crippen LogP contribution is 2.15. The third kappa shape index (κ3) is 6.82. The van der Waals surface area contributed by atoms with E-state index in [2.05, 4.69) is 24.1 Å². The van der Waals surface area contributed by atoms with Gasteiger partial charge in [0.15, 0.2) is 5.11 Å². The minimum absolute atomic E-state index is 0.518. The lowest BCUT2D eigenvalue weighted by Gasteiger charge is -2.11. The monoisotopic (exact) mass is 278 g/mol. The van der Waals surface area contributed by atoms with Gasteiger partial charge in [-0.25, -0.2) is 0 Å². The first-order valence-electron chi connectivity index (χ1n) is 6.65. The Hall–Kier alpha value is -1.55. The van der Waals surface area contributed by atoms with Gasteiger partial charge in [-0.15, -0.1) is 0 Å². The SMILES string of the molecule is C=CCOc1ccc(NC(=S)NCCCCC)cc1. The molecule has 0 atom stereocenters. The Labute approximate surface area is 121 Å². The molecule has 1 aromatic rings. The predicted molar refractivity (Wildman–Crippen MR) is 85.9 cm³/mol. The molecule has 0 heterocycles. The molecule has 104 valence electrons. The van der Waals surface area contributed by atoms with Crippen LogP contribution in [-0.4, -0.2) is 18.3 Å². The van der Waals surface area contributed by atoms with Crippen molar-refractivity contribution in [3.05, 3.63) is 36.9 Å². The average Bonchev–Trinajstić information content (AvgIpc) is 2.43. The van der Waals surface area contributed by atoms with Gasteiger partial charge in [-0.05, 0) is 42.9 Å². The Bertz CT molecular complexity index is 390. The third-order valence-electron chi connectivity index (χ3n) is 2.55. The van der Waals surface area contributed by atoms with E-state index in [1.165, 1.54) is 12.8 Å². The van der Waals surface area contributed by atoms with Crippen LogP contribution in [0, 0.1) is 0 Å². The zero-order valence-electron chi connectivity index (χ0n) is 11.4. The smallest absolute Gasteiger partial charge is 0.170 e. The number of nitrogens with one attached hydrogen (secondary N) is 2. The van der Waals surface area contributed by atoms with Crippen LogP contribution in [0.3, 0.4) is 0 Å². The van der Waals surface area contributed by atoms with Crippen molar-refractivity contribution in [1.29, 1.82) is 0 Å². The third-order valence-corrected chi connectivity index (χ3v) is 2.79. The van der Waals surface area contributed by atoms with Crippen molar-refractivity contribution in [3.8, 4) is 5.75 Å². The van der Waals surface area contributed by atoms with Crippen LogP contribution in [0.25, 0.3) is 0 Å². The maximum atomic E-state index is 5.41. The molecule has 1 rings (SSSR count). The maximum absolute atomic E-state index is 5.41. The molecular weight excluding hydrogens is 256 g/mol. The van der Waals surface area contributed by atoms with Gasteiger partial charge >= 0.3 is 0 Å². The summed E-state index contributed by atoms with van der Waals surface area (Å²) in [6, 6.07) is 7.70. The molecule has 0 amide bonds. The largest absolute Gasteiger partial charge is 0.490 e. The highest BCUT2D eigenvalue weighted by molar-refractivity contribution is 7.80. The van der Waals surface area contributed by atoms with E-state index in [-0.39, 0.29) is 0 Å². The summed E-state index contributed by atoms with van der Waals surface area (Å²) in [5.74, 6) is 0.826. The fourth-order valence-electron chi connectivity index (χ4n) is 1.54. The van der Waals surface area contributed by atoms with Crippen molar-refractivity contribution in [3.63, 3.8) is 0 Å². The molecule has 0 unspecified atom stereocenters. The molecule has 0 saturated carbocycles. The number of anilines is 1. The number of hydrogen-bond acceptors (Lipinski definition) is 2. The molecule has 0 fully saturated rings. The summed E-state index contributed by atoms with van der Waals surface area (Å²) in [6.45, 7) is 7.23. The molecule has 0 bridgehead atoms. The van der Waals surface area contributed by atoms with E-state index >= 15 is 0 Å². The Morgan fingerprint density at radius 2 is 2.05 bits per heavy atom. The van der Waals surface area contributed by atoms with E-state index in [0.29, 0.717) is 11.7 Å². The van der Waals surface area contributed by atoms with E-state index in [0.717, 1.165) is 24.4 Å². The van der Waals surface area contributed by atoms with Crippen molar-refractivity contribution in [2.75, 3.05) is 18.5 Å². The molecule has 0 aliphatic rings. The van der Waals surface area contributed by atoms with E-state index < -0.39 is 0 Å². The van der Waals surface area contributed by atoms with Crippen LogP contribution in [0.1, 0.15) is 26.2 Å². The summed E-state index contributed by atoms with van der Waals surface area (Å²) >= 11 is 5.22. The lowest BCUT2D eigenvalue weighted by molar-refractivity contribution is 0.363. The lowest BCUT2D eigenvalue weighted by atomic mass is 10.2. The van der Waals surface area contributed by atoms with Gasteiger partial charge in [-0.1, -0.05) is 32.4 Å². The van der Waals surface area contributed by atoms with E-state index in [4.69, 9.17) is 17.0 Å². The molecule has 0 spiro atoms. The highest BCUT2D eigenvalue weighted by Gasteiger charge is 1.98. The van der Waals surface area contributed by atoms with Crippen LogP contribution in [-0.2, 0) is 0 Å². The number of ether oxygens (including phenoxy) is 1. The number of unbranched alkanes of at least 4 members (excludes halogenated alkanes) is 2. The van der Waals surface area contributed by atoms with Gasteiger partial charge in [0.2, 0.25) is 0 Å². The Morgan fingerprint density at radius 3 is 2.68 bits per heavy atom. The molecule has 0 aliphatic heterocycles. The minimum atomic E-state index is 0.518. The number of hydrogen-bond donors (Lipinski definition) is 2. The minimum Gasteiger partial charge on any atom is -0.490 e. The summed E-state index contributed by atoms with van der Waals surface area (Å²) in [4.78, 5) is 0. The van der Waals surface area contributed by atoms with Crippen molar-refractivity contribution >= 4 is 23.0 Å². The van der Waals surface area contributed by atoms with E-state index in [1.54, 1.807) is 6.08 Å². The van der Waals surface area contributed by atoms with Crippen molar-refractivity contribution in [1.82, 2.24) is 5.32 Å². The summed E-state index contributed by atoms with van der Waals surface area (Å²) in [6.07, 6.45) is 5.31. The van der Waals surface area contributed by atoms with Gasteiger partial charge in [0, 0.05) is 12.2 Å². The standard InChI is InChI=1S/C15H22N2OS/c1-3-5-6-11-16-15(19)17-13-7-9-14(10-8-13)18-12-4-2/h4,7-10H,2-3,5-6,11-12H2,1H3,(H2,16,17,19). The number of thiocarbonyl (C=S) groups is 1. The average molecular weight is 278 g/mol. The molecule has 2 N–H and O–H groups in total. The van der Waals surface area contributed by atoms with Gasteiger partial charge in [0.1, 0.15) is 12.4 Å². The van der Waals surface area contributed by atoms with Crippen LogP contribution >= 0.6 is 12.2 Å². The van der Waals surface area contributed by atoms with Gasteiger partial charge < -0.3 is 15.4 Å². The molecule has 0 radical (unpaired) electrons. The van der Waals surface area contributed by atoms with Gasteiger partial charge in [-0.3, -0.25) is 0 Å². The lowest BCUT2D eigenvalue weighted by Crippen LogP contribution is -2.29. The summed E-state index contributed by atoms with van der Waals surface area (Å²) in [5, 5.41) is 7.00. The van der Waals surface area contributed by atoms with Crippen LogP contribution in [0.4, 0.5) is 5.69 Å². The first-order valence-corrected chi connectivity index (χ1v) is 7.05. The summed E-state index contributed by atoms with van der Waals surface area (Å²) in [7, 11) is 0. The second-order valence-electron chi connectivity index (χ2n) is 4.21. The molecule has 4 heteroatoms. The molecule has 0 saturated heterocycles. The summed E-state index contributed by atoms with van der Waals surface area (Å²) in [5.41, 5.74) is 0.957. The van der Waals surface area contributed by atoms with E-state index in [9.17, 15) is 0 Å². The second kappa shape index (κ2) is 9.39. The molecule has 3 nitrogen and oxygen atoms in total. The van der Waals surface area contributed by atoms with Gasteiger partial charge in [0.25, 0.3) is 0 Å². The molecule has 1 aromatic carbocycles. The van der Waals surface area contributed by atoms with Crippen molar-refractivity contribution in [2.24, 2.45) is 0 Å². The second-order valence-corrected chi connectivity index (χ2v) is 4.62. The maximum Gasteiger partial charge on any atom is 0.170 e. The first-order chi connectivity index (χ1) is 9.26. The zero-order chi connectivity index (χ0) is 13.9. The quantitative estimate of drug-likeness (QED) is 0.431. The normalized spacial score (nSPS) is 9.74. The highest BCUT2D eigenvalue weighted by atomic mass is 32.1. The Kier molecular flexibility index (Phi) is 7.66. The fraction of sp³-hybridized carbons (Fsp3) is 0.400. The number of benzene rings is 1. The first kappa shape index (κ1) is 15.5.